The lowest BCUT2D eigenvalue weighted by molar-refractivity contribution is 0.0576. The van der Waals surface area contributed by atoms with Crippen LogP contribution in [0.2, 0.25) is 0 Å². The molecule has 1 aliphatic heterocycles. The van der Waals surface area contributed by atoms with Crippen LogP contribution in [0, 0.1) is 12.8 Å². The minimum Gasteiger partial charge on any atom is -0.381 e. The molecule has 1 unspecified atom stereocenters. The largest absolute Gasteiger partial charge is 0.381 e. The van der Waals surface area contributed by atoms with Gasteiger partial charge >= 0.3 is 0 Å². The van der Waals surface area contributed by atoms with Crippen molar-refractivity contribution in [2.24, 2.45) is 5.92 Å². The number of nitrogen functional groups attached to an aromatic ring is 1. The molecule has 1 atom stereocenters. The van der Waals surface area contributed by atoms with Crippen LogP contribution in [0.1, 0.15) is 17.7 Å². The summed E-state index contributed by atoms with van der Waals surface area (Å²) in [6.07, 6.45) is 2.37. The first-order chi connectivity index (χ1) is 9.63. The van der Waals surface area contributed by atoms with E-state index in [1.807, 2.05) is 0 Å². The van der Waals surface area contributed by atoms with Crippen LogP contribution in [0.3, 0.4) is 0 Å². The molecule has 0 aliphatic carbocycles. The maximum Gasteiger partial charge on any atom is 0.223 e. The number of anilines is 2. The van der Waals surface area contributed by atoms with Gasteiger partial charge in [-0.05, 0) is 31.7 Å². The number of hydrogen-bond donors (Lipinski definition) is 1. The van der Waals surface area contributed by atoms with E-state index >= 15 is 0 Å². The predicted molar refractivity (Wildman–Crippen MR) is 83.4 cm³/mol. The van der Waals surface area contributed by atoms with Crippen molar-refractivity contribution in [2.75, 3.05) is 37.4 Å². The fourth-order valence-corrected chi connectivity index (χ4v) is 3.64. The van der Waals surface area contributed by atoms with E-state index in [-0.39, 0.29) is 0 Å². The molecule has 20 heavy (non-hydrogen) atoms. The van der Waals surface area contributed by atoms with Crippen LogP contribution >= 0.6 is 11.3 Å². The molecule has 1 fully saturated rings. The first kappa shape index (κ1) is 13.6. The normalized spacial score (nSPS) is 19.4. The van der Waals surface area contributed by atoms with E-state index in [9.17, 15) is 0 Å². The Labute approximate surface area is 122 Å². The van der Waals surface area contributed by atoms with Crippen molar-refractivity contribution >= 4 is 33.3 Å². The molecule has 0 bridgehead atoms. The fraction of sp³-hybridized carbons (Fsp3) is 0.571. The van der Waals surface area contributed by atoms with Crippen LogP contribution in [0.5, 0.6) is 0 Å². The van der Waals surface area contributed by atoms with Gasteiger partial charge in [0.05, 0.1) is 12.0 Å². The summed E-state index contributed by atoms with van der Waals surface area (Å²) in [5, 5.41) is 1.10. The molecule has 6 heteroatoms. The third-order valence-electron chi connectivity index (χ3n) is 3.66. The molecule has 1 aliphatic rings. The van der Waals surface area contributed by atoms with Crippen LogP contribution in [-0.2, 0) is 4.74 Å². The summed E-state index contributed by atoms with van der Waals surface area (Å²) in [5.41, 5.74) is 5.84. The zero-order valence-electron chi connectivity index (χ0n) is 11.9. The van der Waals surface area contributed by atoms with Gasteiger partial charge in [-0.25, -0.2) is 4.98 Å². The van der Waals surface area contributed by atoms with Gasteiger partial charge < -0.3 is 15.4 Å². The van der Waals surface area contributed by atoms with Crippen molar-refractivity contribution in [1.29, 1.82) is 0 Å². The molecule has 0 aromatic carbocycles. The van der Waals surface area contributed by atoms with Crippen molar-refractivity contribution < 1.29 is 4.74 Å². The number of aromatic nitrogens is 2. The molecular formula is C14H20N4OS. The standard InChI is InChI=1S/C14H20N4OS/c1-9-6-11-12(16-14(15)17-13(11)20-9)18(2)7-10-4-3-5-19-8-10/h6,10H,3-5,7-8H2,1-2H3,(H2,15,16,17). The summed E-state index contributed by atoms with van der Waals surface area (Å²) in [7, 11) is 2.07. The van der Waals surface area contributed by atoms with Gasteiger partial charge in [0.2, 0.25) is 5.95 Å². The third-order valence-corrected chi connectivity index (χ3v) is 4.61. The van der Waals surface area contributed by atoms with Gasteiger partial charge in [0.25, 0.3) is 0 Å². The first-order valence-electron chi connectivity index (χ1n) is 6.96. The lowest BCUT2D eigenvalue weighted by Gasteiger charge is -2.28. The fourth-order valence-electron chi connectivity index (χ4n) is 2.76. The Kier molecular flexibility index (Phi) is 3.76. The molecule has 5 nitrogen and oxygen atoms in total. The first-order valence-corrected chi connectivity index (χ1v) is 7.77. The van der Waals surface area contributed by atoms with Gasteiger partial charge in [0, 0.05) is 25.1 Å². The SMILES string of the molecule is Cc1cc2c(N(C)CC3CCCOC3)nc(N)nc2s1. The molecule has 0 spiro atoms. The monoisotopic (exact) mass is 292 g/mol. The number of nitrogens with zero attached hydrogens (tertiary/aromatic N) is 3. The molecule has 2 aromatic heterocycles. The van der Waals surface area contributed by atoms with Crippen LogP contribution in [0.15, 0.2) is 6.07 Å². The summed E-state index contributed by atoms with van der Waals surface area (Å²) in [5.74, 6) is 1.85. The number of fused-ring (bicyclic) bond motifs is 1. The van der Waals surface area contributed by atoms with E-state index in [4.69, 9.17) is 10.5 Å². The summed E-state index contributed by atoms with van der Waals surface area (Å²) in [4.78, 5) is 13.1. The highest BCUT2D eigenvalue weighted by atomic mass is 32.1. The van der Waals surface area contributed by atoms with Gasteiger partial charge in [0.1, 0.15) is 10.6 Å². The van der Waals surface area contributed by atoms with Gasteiger partial charge in [0.15, 0.2) is 0 Å². The van der Waals surface area contributed by atoms with Crippen molar-refractivity contribution in [2.45, 2.75) is 19.8 Å². The summed E-state index contributed by atoms with van der Waals surface area (Å²) < 4.78 is 5.55. The van der Waals surface area contributed by atoms with Crippen LogP contribution in [-0.4, -0.2) is 36.8 Å². The average Bonchev–Trinajstić information content (AvgIpc) is 2.78. The summed E-state index contributed by atoms with van der Waals surface area (Å²) in [6, 6.07) is 2.14. The van der Waals surface area contributed by atoms with E-state index in [2.05, 4.69) is 34.9 Å². The zero-order valence-corrected chi connectivity index (χ0v) is 12.7. The smallest absolute Gasteiger partial charge is 0.223 e. The highest BCUT2D eigenvalue weighted by molar-refractivity contribution is 7.18. The molecule has 0 radical (unpaired) electrons. The third kappa shape index (κ3) is 2.71. The number of rotatable bonds is 3. The van der Waals surface area contributed by atoms with E-state index in [1.165, 1.54) is 11.3 Å². The summed E-state index contributed by atoms with van der Waals surface area (Å²) in [6.45, 7) is 4.77. The maximum atomic E-state index is 5.84. The lowest BCUT2D eigenvalue weighted by Crippen LogP contribution is -2.31. The van der Waals surface area contributed by atoms with E-state index in [1.54, 1.807) is 11.3 Å². The van der Waals surface area contributed by atoms with E-state index in [0.29, 0.717) is 11.9 Å². The van der Waals surface area contributed by atoms with Crippen LogP contribution < -0.4 is 10.6 Å². The average molecular weight is 292 g/mol. The second kappa shape index (κ2) is 5.54. The Morgan fingerprint density at radius 1 is 1.50 bits per heavy atom. The molecule has 108 valence electrons. The van der Waals surface area contributed by atoms with E-state index < -0.39 is 0 Å². The van der Waals surface area contributed by atoms with Crippen molar-refractivity contribution in [3.05, 3.63) is 10.9 Å². The quantitative estimate of drug-likeness (QED) is 0.941. The Morgan fingerprint density at radius 2 is 2.35 bits per heavy atom. The van der Waals surface area contributed by atoms with Gasteiger partial charge in [-0.2, -0.15) is 4.98 Å². The maximum absolute atomic E-state index is 5.84. The van der Waals surface area contributed by atoms with Crippen molar-refractivity contribution in [3.63, 3.8) is 0 Å². The number of hydrogen-bond acceptors (Lipinski definition) is 6. The lowest BCUT2D eigenvalue weighted by atomic mass is 10.0. The minimum absolute atomic E-state index is 0.348. The number of aryl methyl sites for hydroxylation is 1. The summed E-state index contributed by atoms with van der Waals surface area (Å²) >= 11 is 1.66. The van der Waals surface area contributed by atoms with Gasteiger partial charge in [-0.15, -0.1) is 11.3 Å². The molecule has 3 heterocycles. The van der Waals surface area contributed by atoms with Crippen molar-refractivity contribution in [3.8, 4) is 0 Å². The van der Waals surface area contributed by atoms with Crippen LogP contribution in [0.25, 0.3) is 10.2 Å². The zero-order chi connectivity index (χ0) is 14.1. The second-order valence-corrected chi connectivity index (χ2v) is 6.68. The molecule has 0 saturated carbocycles. The minimum atomic E-state index is 0.348. The van der Waals surface area contributed by atoms with Crippen LogP contribution in [0.4, 0.5) is 11.8 Å². The molecule has 3 rings (SSSR count). The number of nitrogens with two attached hydrogens (primary N) is 1. The molecule has 0 amide bonds. The molecule has 2 N–H and O–H groups in total. The van der Waals surface area contributed by atoms with E-state index in [0.717, 1.165) is 42.2 Å². The number of ether oxygens (including phenoxy) is 1. The highest BCUT2D eigenvalue weighted by Crippen LogP contribution is 2.31. The van der Waals surface area contributed by atoms with Gasteiger partial charge in [-0.1, -0.05) is 0 Å². The molecule has 1 saturated heterocycles. The Morgan fingerprint density at radius 3 is 3.10 bits per heavy atom. The molecule has 2 aromatic rings. The highest BCUT2D eigenvalue weighted by Gasteiger charge is 2.19. The Bertz CT molecular complexity index is 606. The predicted octanol–water partition coefficient (Wildman–Crippen LogP) is 2.44. The van der Waals surface area contributed by atoms with Crippen molar-refractivity contribution in [1.82, 2.24) is 9.97 Å². The topological polar surface area (TPSA) is 64.3 Å². The van der Waals surface area contributed by atoms with Gasteiger partial charge in [-0.3, -0.25) is 0 Å². The second-order valence-electron chi connectivity index (χ2n) is 5.44. The number of thiophene rings is 1. The Hall–Kier alpha value is -1.40. The Balaban J connectivity index is 1.87. The molecular weight excluding hydrogens is 272 g/mol.